The average molecular weight is 460 g/mol. The molecule has 2 N–H and O–H groups in total. The number of anilines is 1. The molecule has 176 valence electrons. The number of benzene rings is 3. The first kappa shape index (κ1) is 23.3. The fraction of sp³-hybridized carbons (Fsp3) is 0.259. The summed E-state index contributed by atoms with van der Waals surface area (Å²) in [6.07, 6.45) is 0.933. The lowest BCUT2D eigenvalue weighted by Gasteiger charge is -2.17. The zero-order valence-electron chi connectivity index (χ0n) is 19.2. The number of nitrogens with zero attached hydrogens (tertiary/aromatic N) is 1. The van der Waals surface area contributed by atoms with Gasteiger partial charge in [-0.1, -0.05) is 36.4 Å². The van der Waals surface area contributed by atoms with Gasteiger partial charge >= 0.3 is 0 Å². The van der Waals surface area contributed by atoms with Gasteiger partial charge in [0.1, 0.15) is 11.5 Å². The molecule has 7 nitrogen and oxygen atoms in total. The molecule has 1 atom stereocenters. The highest BCUT2D eigenvalue weighted by Gasteiger charge is 2.24. The van der Waals surface area contributed by atoms with Crippen molar-refractivity contribution in [2.24, 2.45) is 0 Å². The molecule has 0 spiro atoms. The van der Waals surface area contributed by atoms with Crippen molar-refractivity contribution in [2.75, 3.05) is 32.1 Å². The van der Waals surface area contributed by atoms with Crippen LogP contribution in [0.15, 0.2) is 78.9 Å². The van der Waals surface area contributed by atoms with Crippen molar-refractivity contribution in [1.82, 2.24) is 10.2 Å². The molecule has 4 rings (SSSR count). The number of nitrogens with one attached hydrogen (secondary N) is 2. The average Bonchev–Trinajstić information content (AvgIpc) is 3.30. The van der Waals surface area contributed by atoms with Gasteiger partial charge < -0.3 is 20.1 Å². The minimum Gasteiger partial charge on any atom is -0.497 e. The van der Waals surface area contributed by atoms with Crippen LogP contribution in [0.4, 0.5) is 5.69 Å². The Kier molecular flexibility index (Phi) is 7.78. The van der Waals surface area contributed by atoms with E-state index in [-0.39, 0.29) is 24.5 Å². The largest absolute Gasteiger partial charge is 0.497 e. The summed E-state index contributed by atoms with van der Waals surface area (Å²) < 4.78 is 10.7. The highest BCUT2D eigenvalue weighted by Crippen LogP contribution is 2.18. The van der Waals surface area contributed by atoms with Gasteiger partial charge in [-0.25, -0.2) is 0 Å². The molecule has 34 heavy (non-hydrogen) atoms. The number of likely N-dealkylation sites (tertiary alicyclic amines) is 1. The summed E-state index contributed by atoms with van der Waals surface area (Å²) in [5, 5.41) is 5.89. The Balaban J connectivity index is 1.21. The number of ether oxygens (including phenoxy) is 2. The van der Waals surface area contributed by atoms with Gasteiger partial charge in [0.25, 0.3) is 11.8 Å². The van der Waals surface area contributed by atoms with Crippen molar-refractivity contribution in [2.45, 2.75) is 19.0 Å². The topological polar surface area (TPSA) is 79.9 Å². The molecule has 7 heteroatoms. The first-order valence-corrected chi connectivity index (χ1v) is 11.3. The van der Waals surface area contributed by atoms with Crippen LogP contribution in [0.2, 0.25) is 0 Å². The fourth-order valence-corrected chi connectivity index (χ4v) is 3.95. The quantitative estimate of drug-likeness (QED) is 0.510. The molecule has 1 heterocycles. The lowest BCUT2D eigenvalue weighted by Crippen LogP contribution is -2.36. The molecule has 1 saturated heterocycles. The number of hydrogen-bond acceptors (Lipinski definition) is 5. The highest BCUT2D eigenvalue weighted by molar-refractivity contribution is 5.94. The van der Waals surface area contributed by atoms with E-state index in [1.165, 1.54) is 5.56 Å². The number of carbonyl (C=O) groups is 2. The third kappa shape index (κ3) is 6.59. The Bertz CT molecular complexity index is 1100. The lowest BCUT2D eigenvalue weighted by atomic mass is 10.2. The molecule has 3 aromatic carbocycles. The molecule has 0 bridgehead atoms. The van der Waals surface area contributed by atoms with Crippen LogP contribution in [0.3, 0.4) is 0 Å². The maximum Gasteiger partial charge on any atom is 0.262 e. The van der Waals surface area contributed by atoms with Gasteiger partial charge in [-0.2, -0.15) is 0 Å². The standard InChI is InChI=1S/C27H29N3O4/c1-33-25-9-5-8-22(16-25)28-26(31)19-34-24-12-10-21(11-13-24)27(32)29-23-14-15-30(18-23)17-20-6-3-2-4-7-20/h2-13,16,23H,14-15,17-19H2,1H3,(H,28,31)(H,29,32). The Labute approximate surface area is 199 Å². The Morgan fingerprint density at radius 3 is 2.53 bits per heavy atom. The second-order valence-corrected chi connectivity index (χ2v) is 8.27. The van der Waals surface area contributed by atoms with E-state index in [1.54, 1.807) is 55.6 Å². The van der Waals surface area contributed by atoms with E-state index >= 15 is 0 Å². The van der Waals surface area contributed by atoms with Crippen molar-refractivity contribution >= 4 is 17.5 Å². The summed E-state index contributed by atoms with van der Waals surface area (Å²) >= 11 is 0. The molecule has 0 aromatic heterocycles. The summed E-state index contributed by atoms with van der Waals surface area (Å²) in [5.74, 6) is 0.798. The van der Waals surface area contributed by atoms with Crippen LogP contribution >= 0.6 is 0 Å². The lowest BCUT2D eigenvalue weighted by molar-refractivity contribution is -0.118. The number of hydrogen-bond donors (Lipinski definition) is 2. The maximum atomic E-state index is 12.7. The van der Waals surface area contributed by atoms with Crippen LogP contribution < -0.4 is 20.1 Å². The first-order valence-electron chi connectivity index (χ1n) is 11.3. The zero-order chi connectivity index (χ0) is 23.8. The Morgan fingerprint density at radius 2 is 1.76 bits per heavy atom. The molecule has 0 aliphatic carbocycles. The van der Waals surface area contributed by atoms with Gasteiger partial charge in [0, 0.05) is 43.0 Å². The number of amides is 2. The minimum absolute atomic E-state index is 0.103. The minimum atomic E-state index is -0.281. The van der Waals surface area contributed by atoms with Crippen molar-refractivity contribution < 1.29 is 19.1 Å². The normalized spacial score (nSPS) is 15.5. The third-order valence-electron chi connectivity index (χ3n) is 5.70. The molecule has 0 saturated carbocycles. The van der Waals surface area contributed by atoms with E-state index in [9.17, 15) is 9.59 Å². The SMILES string of the molecule is COc1cccc(NC(=O)COc2ccc(C(=O)NC3CCN(Cc4ccccc4)C3)cc2)c1. The smallest absolute Gasteiger partial charge is 0.262 e. The van der Waals surface area contributed by atoms with E-state index in [1.807, 2.05) is 18.2 Å². The molecule has 3 aromatic rings. The second kappa shape index (κ2) is 11.3. The zero-order valence-corrected chi connectivity index (χ0v) is 19.2. The Hall–Kier alpha value is -3.84. The second-order valence-electron chi connectivity index (χ2n) is 8.27. The van der Waals surface area contributed by atoms with Gasteiger partial charge in [0.05, 0.1) is 7.11 Å². The van der Waals surface area contributed by atoms with Crippen molar-refractivity contribution in [1.29, 1.82) is 0 Å². The molecule has 1 aliphatic rings. The van der Waals surface area contributed by atoms with Crippen molar-refractivity contribution in [3.63, 3.8) is 0 Å². The van der Waals surface area contributed by atoms with E-state index in [4.69, 9.17) is 9.47 Å². The van der Waals surface area contributed by atoms with E-state index in [0.29, 0.717) is 22.7 Å². The molecular weight excluding hydrogens is 430 g/mol. The van der Waals surface area contributed by atoms with Crippen molar-refractivity contribution in [3.05, 3.63) is 90.0 Å². The van der Waals surface area contributed by atoms with Crippen LogP contribution in [0.5, 0.6) is 11.5 Å². The predicted octanol–water partition coefficient (Wildman–Crippen LogP) is 3.72. The van der Waals surface area contributed by atoms with E-state index in [2.05, 4.69) is 27.7 Å². The van der Waals surface area contributed by atoms with Gasteiger partial charge in [-0.15, -0.1) is 0 Å². The monoisotopic (exact) mass is 459 g/mol. The molecule has 1 fully saturated rings. The Morgan fingerprint density at radius 1 is 0.971 bits per heavy atom. The molecule has 2 amide bonds. The highest BCUT2D eigenvalue weighted by atomic mass is 16.5. The molecular formula is C27H29N3O4. The predicted molar refractivity (Wildman–Crippen MR) is 131 cm³/mol. The van der Waals surface area contributed by atoms with Gasteiger partial charge in [0.15, 0.2) is 6.61 Å². The van der Waals surface area contributed by atoms with Crippen LogP contribution in [-0.4, -0.2) is 49.6 Å². The summed E-state index contributed by atoms with van der Waals surface area (Å²) in [5.41, 5.74) is 2.48. The third-order valence-corrected chi connectivity index (χ3v) is 5.70. The van der Waals surface area contributed by atoms with Crippen LogP contribution in [-0.2, 0) is 11.3 Å². The summed E-state index contributed by atoms with van der Waals surface area (Å²) in [6, 6.07) is 24.4. The van der Waals surface area contributed by atoms with E-state index in [0.717, 1.165) is 26.1 Å². The summed E-state index contributed by atoms with van der Waals surface area (Å²) in [4.78, 5) is 27.2. The first-order chi connectivity index (χ1) is 16.6. The van der Waals surface area contributed by atoms with Crippen LogP contribution in [0.25, 0.3) is 0 Å². The van der Waals surface area contributed by atoms with Crippen LogP contribution in [0.1, 0.15) is 22.3 Å². The molecule has 1 unspecified atom stereocenters. The van der Waals surface area contributed by atoms with Crippen LogP contribution in [0, 0.1) is 0 Å². The van der Waals surface area contributed by atoms with E-state index < -0.39 is 0 Å². The number of methoxy groups -OCH3 is 1. The fourth-order valence-electron chi connectivity index (χ4n) is 3.95. The van der Waals surface area contributed by atoms with Gasteiger partial charge in [-0.05, 0) is 48.4 Å². The number of rotatable bonds is 9. The van der Waals surface area contributed by atoms with Crippen molar-refractivity contribution in [3.8, 4) is 11.5 Å². The van der Waals surface area contributed by atoms with Gasteiger partial charge in [-0.3, -0.25) is 14.5 Å². The number of carbonyl (C=O) groups excluding carboxylic acids is 2. The maximum absolute atomic E-state index is 12.7. The summed E-state index contributed by atoms with van der Waals surface area (Å²) in [7, 11) is 1.57. The summed E-state index contributed by atoms with van der Waals surface area (Å²) in [6.45, 7) is 2.56. The molecule has 1 aliphatic heterocycles. The molecule has 0 radical (unpaired) electrons. The van der Waals surface area contributed by atoms with Gasteiger partial charge in [0.2, 0.25) is 0 Å².